The maximum Gasteiger partial charge on any atom is 0.253 e. The summed E-state index contributed by atoms with van der Waals surface area (Å²) in [6, 6.07) is 5.71. The number of carbonyl (C=O) groups excluding carboxylic acids is 1. The van der Waals surface area contributed by atoms with Crippen molar-refractivity contribution in [1.29, 1.82) is 0 Å². The van der Waals surface area contributed by atoms with Crippen LogP contribution in [0.4, 0.5) is 0 Å². The molecule has 0 saturated carbocycles. The maximum atomic E-state index is 12.8. The number of aryl methyl sites for hydroxylation is 1. The van der Waals surface area contributed by atoms with Gasteiger partial charge in [0.05, 0.1) is 12.4 Å². The molecule has 1 aromatic rings. The van der Waals surface area contributed by atoms with E-state index >= 15 is 0 Å². The Morgan fingerprint density at radius 3 is 2.58 bits per heavy atom. The number of amides is 1. The topological polar surface area (TPSA) is 38.8 Å². The fourth-order valence-electron chi connectivity index (χ4n) is 3.50. The van der Waals surface area contributed by atoms with E-state index < -0.39 is 0 Å². The Kier molecular flexibility index (Phi) is 4.83. The molecule has 1 saturated heterocycles. The molecule has 3 rings (SSSR count). The van der Waals surface area contributed by atoms with E-state index in [1.54, 1.807) is 0 Å². The van der Waals surface area contributed by atoms with Crippen LogP contribution in [0.1, 0.15) is 55.5 Å². The molecule has 1 aromatic carbocycles. The van der Waals surface area contributed by atoms with E-state index in [1.165, 1.54) is 0 Å². The molecule has 0 radical (unpaired) electrons. The van der Waals surface area contributed by atoms with Crippen LogP contribution in [0.25, 0.3) is 0 Å². The molecule has 1 spiro atoms. The molecule has 0 bridgehead atoms. The molecule has 4 heteroatoms. The molecule has 0 aliphatic carbocycles. The van der Waals surface area contributed by atoms with Gasteiger partial charge < -0.3 is 14.4 Å². The molecule has 0 N–H and O–H groups in total. The van der Waals surface area contributed by atoms with Gasteiger partial charge in [0.15, 0.2) is 0 Å². The monoisotopic (exact) mass is 329 g/mol. The third kappa shape index (κ3) is 3.58. The Hall–Kier alpha value is -1.97. The number of allylic oxidation sites excluding steroid dienone is 1. The van der Waals surface area contributed by atoms with Gasteiger partial charge in [-0.25, -0.2) is 0 Å². The minimum Gasteiger partial charge on any atom is -0.495 e. The first-order valence-electron chi connectivity index (χ1n) is 8.88. The summed E-state index contributed by atoms with van der Waals surface area (Å²) < 4.78 is 11.6. The number of rotatable bonds is 3. The molecule has 1 fully saturated rings. The van der Waals surface area contributed by atoms with Gasteiger partial charge in [-0.15, -0.1) is 0 Å². The number of hydrogen-bond acceptors (Lipinski definition) is 3. The summed E-state index contributed by atoms with van der Waals surface area (Å²) in [4.78, 5) is 14.7. The number of ether oxygens (including phenoxy) is 2. The van der Waals surface area contributed by atoms with E-state index in [4.69, 9.17) is 9.47 Å². The SMILES string of the molecule is Cc1cc(C(=O)N2CCC3(CCC=CO3)CC2)ccc1OC(C)C. The Labute approximate surface area is 144 Å². The van der Waals surface area contributed by atoms with Gasteiger partial charge >= 0.3 is 0 Å². The summed E-state index contributed by atoms with van der Waals surface area (Å²) in [6.45, 7) is 7.52. The van der Waals surface area contributed by atoms with E-state index in [0.29, 0.717) is 0 Å². The molecule has 130 valence electrons. The maximum absolute atomic E-state index is 12.8. The smallest absolute Gasteiger partial charge is 0.253 e. The largest absolute Gasteiger partial charge is 0.495 e. The van der Waals surface area contributed by atoms with Crippen molar-refractivity contribution in [3.8, 4) is 5.75 Å². The fraction of sp³-hybridized carbons (Fsp3) is 0.550. The Bertz CT molecular complexity index is 628. The van der Waals surface area contributed by atoms with Crippen molar-refractivity contribution >= 4 is 5.91 Å². The standard InChI is InChI=1S/C20H27NO3/c1-15(2)24-18-7-6-17(14-16(18)3)19(22)21-11-9-20(10-12-21)8-4-5-13-23-20/h5-7,13-15H,4,8-12H2,1-3H3. The highest BCUT2D eigenvalue weighted by atomic mass is 16.5. The van der Waals surface area contributed by atoms with Gasteiger partial charge in [-0.05, 0) is 63.5 Å². The molecular weight excluding hydrogens is 302 g/mol. The Morgan fingerprint density at radius 1 is 1.25 bits per heavy atom. The van der Waals surface area contributed by atoms with Crippen LogP contribution in [0.5, 0.6) is 5.75 Å². The van der Waals surface area contributed by atoms with E-state index in [9.17, 15) is 4.79 Å². The van der Waals surface area contributed by atoms with Gasteiger partial charge in [0.1, 0.15) is 11.4 Å². The number of benzene rings is 1. The number of nitrogens with zero attached hydrogens (tertiary/aromatic N) is 1. The van der Waals surface area contributed by atoms with Crippen molar-refractivity contribution in [2.45, 2.75) is 58.2 Å². The van der Waals surface area contributed by atoms with Gasteiger partial charge in [-0.3, -0.25) is 4.79 Å². The molecule has 24 heavy (non-hydrogen) atoms. The molecular formula is C20H27NO3. The van der Waals surface area contributed by atoms with Gasteiger partial charge in [-0.1, -0.05) is 0 Å². The van der Waals surface area contributed by atoms with Gasteiger partial charge in [0, 0.05) is 31.5 Å². The zero-order valence-electron chi connectivity index (χ0n) is 14.9. The second kappa shape index (κ2) is 6.88. The van der Waals surface area contributed by atoms with Crippen LogP contribution in [-0.4, -0.2) is 35.6 Å². The van der Waals surface area contributed by atoms with E-state index in [1.807, 2.05) is 50.1 Å². The molecule has 0 atom stereocenters. The molecule has 2 heterocycles. The predicted octanol–water partition coefficient (Wildman–Crippen LogP) is 4.08. The van der Waals surface area contributed by atoms with Crippen molar-refractivity contribution < 1.29 is 14.3 Å². The molecule has 1 amide bonds. The van der Waals surface area contributed by atoms with Crippen LogP contribution in [-0.2, 0) is 4.74 Å². The predicted molar refractivity (Wildman–Crippen MR) is 94.3 cm³/mol. The van der Waals surface area contributed by atoms with E-state index in [2.05, 4.69) is 6.08 Å². The first-order chi connectivity index (χ1) is 11.5. The fourth-order valence-corrected chi connectivity index (χ4v) is 3.50. The van der Waals surface area contributed by atoms with Gasteiger partial charge in [-0.2, -0.15) is 0 Å². The third-order valence-electron chi connectivity index (χ3n) is 4.93. The zero-order chi connectivity index (χ0) is 17.2. The van der Waals surface area contributed by atoms with Gasteiger partial charge in [0.25, 0.3) is 5.91 Å². The highest BCUT2D eigenvalue weighted by molar-refractivity contribution is 5.94. The second-order valence-corrected chi connectivity index (χ2v) is 7.15. The van der Waals surface area contributed by atoms with Crippen LogP contribution in [0, 0.1) is 6.92 Å². The summed E-state index contributed by atoms with van der Waals surface area (Å²) in [5.41, 5.74) is 1.70. The average molecular weight is 329 g/mol. The van der Waals surface area contributed by atoms with Crippen LogP contribution in [0.2, 0.25) is 0 Å². The lowest BCUT2D eigenvalue weighted by molar-refractivity contribution is -0.0411. The third-order valence-corrected chi connectivity index (χ3v) is 4.93. The number of hydrogen-bond donors (Lipinski definition) is 0. The molecule has 4 nitrogen and oxygen atoms in total. The first-order valence-corrected chi connectivity index (χ1v) is 8.88. The second-order valence-electron chi connectivity index (χ2n) is 7.15. The molecule has 2 aliphatic heterocycles. The van der Waals surface area contributed by atoms with E-state index in [-0.39, 0.29) is 17.6 Å². The average Bonchev–Trinajstić information content (AvgIpc) is 2.57. The number of likely N-dealkylation sites (tertiary alicyclic amines) is 1. The zero-order valence-corrected chi connectivity index (χ0v) is 14.9. The van der Waals surface area contributed by atoms with Crippen molar-refractivity contribution in [3.05, 3.63) is 41.7 Å². The number of carbonyl (C=O) groups is 1. The summed E-state index contributed by atoms with van der Waals surface area (Å²) in [7, 11) is 0. The highest BCUT2D eigenvalue weighted by Gasteiger charge is 2.37. The minimum absolute atomic E-state index is 0.0452. The molecule has 0 aromatic heterocycles. The summed E-state index contributed by atoms with van der Waals surface area (Å²) in [5, 5.41) is 0. The lowest BCUT2D eigenvalue weighted by atomic mass is 9.85. The van der Waals surface area contributed by atoms with Crippen molar-refractivity contribution in [3.63, 3.8) is 0 Å². The van der Waals surface area contributed by atoms with Crippen LogP contribution < -0.4 is 4.74 Å². The summed E-state index contributed by atoms with van der Waals surface area (Å²) in [5.74, 6) is 0.955. The lowest BCUT2D eigenvalue weighted by Crippen LogP contribution is -2.48. The molecule has 0 unspecified atom stereocenters. The highest BCUT2D eigenvalue weighted by Crippen LogP contribution is 2.34. The summed E-state index contributed by atoms with van der Waals surface area (Å²) >= 11 is 0. The Balaban J connectivity index is 1.65. The van der Waals surface area contributed by atoms with Crippen molar-refractivity contribution in [1.82, 2.24) is 4.90 Å². The van der Waals surface area contributed by atoms with E-state index in [0.717, 1.165) is 55.6 Å². The Morgan fingerprint density at radius 2 is 2.00 bits per heavy atom. The normalized spacial score (nSPS) is 19.4. The van der Waals surface area contributed by atoms with Crippen LogP contribution >= 0.6 is 0 Å². The number of piperidine rings is 1. The minimum atomic E-state index is -0.0452. The quantitative estimate of drug-likeness (QED) is 0.839. The summed E-state index contributed by atoms with van der Waals surface area (Å²) in [6.07, 6.45) is 8.00. The van der Waals surface area contributed by atoms with Crippen LogP contribution in [0.3, 0.4) is 0 Å². The van der Waals surface area contributed by atoms with Gasteiger partial charge in [0.2, 0.25) is 0 Å². The van der Waals surface area contributed by atoms with Crippen molar-refractivity contribution in [2.75, 3.05) is 13.1 Å². The lowest BCUT2D eigenvalue weighted by Gasteiger charge is -2.42. The van der Waals surface area contributed by atoms with Crippen LogP contribution in [0.15, 0.2) is 30.5 Å². The first kappa shape index (κ1) is 16.9. The van der Waals surface area contributed by atoms with Crippen molar-refractivity contribution in [2.24, 2.45) is 0 Å². The molecule has 2 aliphatic rings.